The van der Waals surface area contributed by atoms with Crippen molar-refractivity contribution in [2.45, 2.75) is 38.1 Å². The summed E-state index contributed by atoms with van der Waals surface area (Å²) < 4.78 is 2.10. The van der Waals surface area contributed by atoms with Gasteiger partial charge in [0.25, 0.3) is 5.91 Å². The maximum absolute atomic E-state index is 13.2. The van der Waals surface area contributed by atoms with Crippen molar-refractivity contribution in [2.75, 3.05) is 26.2 Å². The number of nitrogens with zero attached hydrogens (tertiary/aromatic N) is 4. The second-order valence-corrected chi connectivity index (χ2v) is 9.34. The standard InChI is InChI=1S/C22H25ClN4OS/c23-18-7-3-2-6-17(18)16-8-11-25(14-16)15-19-20(24-22-27(19)12-13-29-22)21(28)26-9-4-1-5-10-26/h2-3,6-7,12-13,16H,1,4-5,8-11,14-15H2/t16-/m1/s1. The summed E-state index contributed by atoms with van der Waals surface area (Å²) in [5, 5.41) is 2.89. The molecular weight excluding hydrogens is 404 g/mol. The Kier molecular flexibility index (Phi) is 5.33. The predicted octanol–water partition coefficient (Wildman–Crippen LogP) is 4.66. The lowest BCUT2D eigenvalue weighted by atomic mass is 9.98. The number of halogens is 1. The molecule has 0 bridgehead atoms. The average Bonchev–Trinajstić information content (AvgIpc) is 3.46. The number of benzene rings is 1. The van der Waals surface area contributed by atoms with Gasteiger partial charge in [0.15, 0.2) is 10.7 Å². The van der Waals surface area contributed by atoms with E-state index in [0.717, 1.165) is 67.7 Å². The summed E-state index contributed by atoms with van der Waals surface area (Å²) in [4.78, 5) is 23.3. The molecule has 7 heteroatoms. The molecule has 0 N–H and O–H groups in total. The molecule has 4 heterocycles. The van der Waals surface area contributed by atoms with Gasteiger partial charge in [-0.25, -0.2) is 4.98 Å². The summed E-state index contributed by atoms with van der Waals surface area (Å²) >= 11 is 8.02. The molecule has 1 amide bonds. The summed E-state index contributed by atoms with van der Waals surface area (Å²) in [6, 6.07) is 8.15. The zero-order valence-corrected chi connectivity index (χ0v) is 18.0. The number of amides is 1. The summed E-state index contributed by atoms with van der Waals surface area (Å²) in [6.45, 7) is 4.40. The average molecular weight is 429 g/mol. The zero-order chi connectivity index (χ0) is 19.8. The Balaban J connectivity index is 1.38. The number of fused-ring (bicyclic) bond motifs is 1. The number of imidazole rings is 1. The highest BCUT2D eigenvalue weighted by molar-refractivity contribution is 7.15. The normalized spacial score (nSPS) is 20.6. The Morgan fingerprint density at radius 2 is 2.00 bits per heavy atom. The van der Waals surface area contributed by atoms with E-state index in [9.17, 15) is 4.79 Å². The van der Waals surface area contributed by atoms with Crippen LogP contribution in [0.4, 0.5) is 0 Å². The largest absolute Gasteiger partial charge is 0.337 e. The number of carbonyl (C=O) groups is 1. The van der Waals surface area contributed by atoms with E-state index >= 15 is 0 Å². The van der Waals surface area contributed by atoms with E-state index in [4.69, 9.17) is 16.6 Å². The molecule has 2 fully saturated rings. The van der Waals surface area contributed by atoms with Crippen molar-refractivity contribution in [3.8, 4) is 0 Å². The molecule has 2 aliphatic heterocycles. The Morgan fingerprint density at radius 1 is 1.17 bits per heavy atom. The van der Waals surface area contributed by atoms with Gasteiger partial charge in [0.05, 0.1) is 5.69 Å². The van der Waals surface area contributed by atoms with Crippen molar-refractivity contribution >= 4 is 33.8 Å². The van der Waals surface area contributed by atoms with E-state index in [1.54, 1.807) is 11.3 Å². The Hall–Kier alpha value is -1.89. The number of rotatable bonds is 4. The fourth-order valence-electron chi connectivity index (χ4n) is 4.65. The van der Waals surface area contributed by atoms with Gasteiger partial charge in [-0.05, 0) is 49.8 Å². The number of carbonyl (C=O) groups excluding carboxylic acids is 1. The van der Waals surface area contributed by atoms with Gasteiger partial charge in [0.2, 0.25) is 0 Å². The topological polar surface area (TPSA) is 40.9 Å². The van der Waals surface area contributed by atoms with E-state index in [2.05, 4.69) is 21.4 Å². The molecule has 0 aliphatic carbocycles. The minimum Gasteiger partial charge on any atom is -0.337 e. The molecule has 5 rings (SSSR count). The molecule has 1 aromatic carbocycles. The van der Waals surface area contributed by atoms with Crippen molar-refractivity contribution in [3.63, 3.8) is 0 Å². The van der Waals surface area contributed by atoms with E-state index in [1.807, 2.05) is 28.6 Å². The highest BCUT2D eigenvalue weighted by Gasteiger charge is 2.30. The molecule has 0 saturated carbocycles. The lowest BCUT2D eigenvalue weighted by Gasteiger charge is -2.26. The molecule has 152 valence electrons. The van der Waals surface area contributed by atoms with Gasteiger partial charge in [0, 0.05) is 42.8 Å². The molecule has 2 aliphatic rings. The highest BCUT2D eigenvalue weighted by atomic mass is 35.5. The van der Waals surface area contributed by atoms with Crippen LogP contribution in [0.15, 0.2) is 35.8 Å². The third-order valence-electron chi connectivity index (χ3n) is 6.20. The lowest BCUT2D eigenvalue weighted by molar-refractivity contribution is 0.0716. The second-order valence-electron chi connectivity index (χ2n) is 8.06. The van der Waals surface area contributed by atoms with E-state index in [-0.39, 0.29) is 5.91 Å². The van der Waals surface area contributed by atoms with Gasteiger partial charge in [0.1, 0.15) is 0 Å². The van der Waals surface area contributed by atoms with Crippen molar-refractivity contribution in [1.82, 2.24) is 19.2 Å². The number of aromatic nitrogens is 2. The monoisotopic (exact) mass is 428 g/mol. The fraction of sp³-hybridized carbons (Fsp3) is 0.455. The van der Waals surface area contributed by atoms with Crippen LogP contribution in [0.25, 0.3) is 4.96 Å². The first-order valence-electron chi connectivity index (χ1n) is 10.4. The molecule has 0 radical (unpaired) electrons. The number of piperidine rings is 1. The van der Waals surface area contributed by atoms with E-state index in [1.165, 1.54) is 12.0 Å². The molecule has 0 unspecified atom stereocenters. The van der Waals surface area contributed by atoms with Crippen molar-refractivity contribution < 1.29 is 4.79 Å². The minimum absolute atomic E-state index is 0.0949. The lowest BCUT2D eigenvalue weighted by Crippen LogP contribution is -2.36. The summed E-state index contributed by atoms with van der Waals surface area (Å²) in [6.07, 6.45) is 6.53. The SMILES string of the molecule is O=C(c1nc2sccn2c1CN1CC[C@@H](c2ccccc2Cl)C1)N1CCCCC1. The molecule has 3 aromatic rings. The highest BCUT2D eigenvalue weighted by Crippen LogP contribution is 2.33. The quantitative estimate of drug-likeness (QED) is 0.606. The smallest absolute Gasteiger partial charge is 0.274 e. The molecule has 2 aromatic heterocycles. The van der Waals surface area contributed by atoms with Crippen LogP contribution < -0.4 is 0 Å². The Bertz CT molecular complexity index is 1020. The molecule has 1 atom stereocenters. The van der Waals surface area contributed by atoms with Gasteiger partial charge in [-0.2, -0.15) is 0 Å². The van der Waals surface area contributed by atoms with Gasteiger partial charge in [-0.15, -0.1) is 11.3 Å². The predicted molar refractivity (Wildman–Crippen MR) is 117 cm³/mol. The minimum atomic E-state index is 0.0949. The maximum Gasteiger partial charge on any atom is 0.274 e. The summed E-state index contributed by atoms with van der Waals surface area (Å²) in [7, 11) is 0. The number of likely N-dealkylation sites (tertiary alicyclic amines) is 2. The van der Waals surface area contributed by atoms with Crippen molar-refractivity contribution in [2.24, 2.45) is 0 Å². The molecular formula is C22H25ClN4OS. The molecule has 29 heavy (non-hydrogen) atoms. The fourth-order valence-corrected chi connectivity index (χ4v) is 5.67. The number of hydrogen-bond donors (Lipinski definition) is 0. The van der Waals surface area contributed by atoms with Crippen molar-refractivity contribution in [1.29, 1.82) is 0 Å². The Morgan fingerprint density at radius 3 is 2.83 bits per heavy atom. The van der Waals surface area contributed by atoms with Crippen LogP contribution in [-0.4, -0.2) is 51.3 Å². The van der Waals surface area contributed by atoms with E-state index < -0.39 is 0 Å². The van der Waals surface area contributed by atoms with Crippen molar-refractivity contribution in [3.05, 3.63) is 57.8 Å². The summed E-state index contributed by atoms with van der Waals surface area (Å²) in [5.74, 6) is 0.535. The zero-order valence-electron chi connectivity index (χ0n) is 16.4. The first-order chi connectivity index (χ1) is 14.2. The van der Waals surface area contributed by atoms with Crippen LogP contribution in [0.1, 0.15) is 53.3 Å². The van der Waals surface area contributed by atoms with Crippen LogP contribution in [0.3, 0.4) is 0 Å². The maximum atomic E-state index is 13.2. The number of thiazole rings is 1. The van der Waals surface area contributed by atoms with Crippen LogP contribution in [0.2, 0.25) is 5.02 Å². The van der Waals surface area contributed by atoms with Crippen LogP contribution in [0.5, 0.6) is 0 Å². The second kappa shape index (κ2) is 8.09. The van der Waals surface area contributed by atoms with E-state index in [0.29, 0.717) is 11.6 Å². The van der Waals surface area contributed by atoms with Crippen LogP contribution in [-0.2, 0) is 6.54 Å². The summed E-state index contributed by atoms with van der Waals surface area (Å²) in [5.41, 5.74) is 2.90. The van der Waals surface area contributed by atoms with Crippen LogP contribution >= 0.6 is 22.9 Å². The molecule has 0 spiro atoms. The third-order valence-corrected chi connectivity index (χ3v) is 7.30. The molecule has 2 saturated heterocycles. The first kappa shape index (κ1) is 19.1. The first-order valence-corrected chi connectivity index (χ1v) is 11.7. The van der Waals surface area contributed by atoms with Gasteiger partial charge >= 0.3 is 0 Å². The van der Waals surface area contributed by atoms with Crippen LogP contribution in [0, 0.1) is 0 Å². The third kappa shape index (κ3) is 3.69. The Labute approximate surface area is 179 Å². The van der Waals surface area contributed by atoms with Gasteiger partial charge < -0.3 is 4.90 Å². The van der Waals surface area contributed by atoms with Gasteiger partial charge in [-0.3, -0.25) is 14.1 Å². The van der Waals surface area contributed by atoms with Gasteiger partial charge in [-0.1, -0.05) is 29.8 Å². The number of hydrogen-bond acceptors (Lipinski definition) is 4. The molecule has 5 nitrogen and oxygen atoms in total.